The Morgan fingerprint density at radius 3 is 2.35 bits per heavy atom. The summed E-state index contributed by atoms with van der Waals surface area (Å²) >= 11 is 0. The Morgan fingerprint density at radius 2 is 1.78 bits per heavy atom. The van der Waals surface area contributed by atoms with E-state index in [9.17, 15) is 22.0 Å². The number of nitrogens with one attached hydrogen (secondary N) is 2. The second-order valence-corrected chi connectivity index (χ2v) is 9.77. The minimum absolute atomic E-state index is 0.101. The average molecular weight is 532 g/mol. The molecule has 3 heterocycles. The molecular weight excluding hydrogens is 501 g/mol. The van der Waals surface area contributed by atoms with Gasteiger partial charge in [-0.1, -0.05) is 0 Å². The van der Waals surface area contributed by atoms with E-state index in [1.165, 1.54) is 12.1 Å². The monoisotopic (exact) mass is 531 g/mol. The number of carboxylic acid groups (broad SMARTS) is 1. The molecule has 0 amide bonds. The van der Waals surface area contributed by atoms with Gasteiger partial charge < -0.3 is 25.4 Å². The first-order valence-electron chi connectivity index (χ1n) is 11.8. The summed E-state index contributed by atoms with van der Waals surface area (Å²) in [6.45, 7) is 9.43. The zero-order valence-electron chi connectivity index (χ0n) is 20.8. The molecule has 2 aromatic rings. The first-order valence-corrected chi connectivity index (χ1v) is 11.8. The second kappa shape index (κ2) is 11.4. The number of fused-ring (bicyclic) bond motifs is 1. The van der Waals surface area contributed by atoms with Gasteiger partial charge in [0.15, 0.2) is 23.2 Å². The Labute approximate surface area is 211 Å². The highest BCUT2D eigenvalue weighted by Gasteiger charge is 2.38. The third-order valence-electron chi connectivity index (χ3n) is 5.53. The van der Waals surface area contributed by atoms with Crippen molar-refractivity contribution in [2.24, 2.45) is 0 Å². The Balaban J connectivity index is 0.000000479. The third-order valence-corrected chi connectivity index (χ3v) is 5.53. The number of rotatable bonds is 4. The van der Waals surface area contributed by atoms with E-state index in [1.54, 1.807) is 0 Å². The van der Waals surface area contributed by atoms with Crippen molar-refractivity contribution in [3.63, 3.8) is 0 Å². The fourth-order valence-corrected chi connectivity index (χ4v) is 3.85. The summed E-state index contributed by atoms with van der Waals surface area (Å²) < 4.78 is 64.6. The minimum Gasteiger partial charge on any atom is -0.487 e. The van der Waals surface area contributed by atoms with Crippen LogP contribution in [0, 0.1) is 11.6 Å². The predicted octanol–water partition coefficient (Wildman–Crippen LogP) is 4.29. The highest BCUT2D eigenvalue weighted by molar-refractivity contribution is 5.73. The molecule has 2 aliphatic rings. The zero-order chi connectivity index (χ0) is 27.4. The van der Waals surface area contributed by atoms with E-state index in [4.69, 9.17) is 24.6 Å². The number of piperidine rings is 1. The van der Waals surface area contributed by atoms with Crippen molar-refractivity contribution < 1.29 is 36.6 Å². The Morgan fingerprint density at radius 1 is 1.14 bits per heavy atom. The van der Waals surface area contributed by atoms with E-state index in [0.29, 0.717) is 0 Å². The highest BCUT2D eigenvalue weighted by Crippen LogP contribution is 2.31. The van der Waals surface area contributed by atoms with Gasteiger partial charge in [-0.25, -0.2) is 23.5 Å². The van der Waals surface area contributed by atoms with Crippen molar-refractivity contribution in [2.45, 2.75) is 64.4 Å². The number of carboxylic acids is 1. The minimum atomic E-state index is -5.08. The summed E-state index contributed by atoms with van der Waals surface area (Å²) in [4.78, 5) is 21.0. The van der Waals surface area contributed by atoms with Gasteiger partial charge >= 0.3 is 12.1 Å². The molecule has 0 radical (unpaired) electrons. The first kappa shape index (κ1) is 28.4. The molecule has 3 N–H and O–H groups in total. The van der Waals surface area contributed by atoms with Crippen LogP contribution in [0.3, 0.4) is 0 Å². The lowest BCUT2D eigenvalue weighted by Crippen LogP contribution is -2.40. The van der Waals surface area contributed by atoms with Gasteiger partial charge in [-0.2, -0.15) is 13.2 Å². The number of anilines is 2. The maximum Gasteiger partial charge on any atom is 0.490 e. The number of ether oxygens (including phenoxy) is 1. The van der Waals surface area contributed by atoms with Crippen molar-refractivity contribution in [1.82, 2.24) is 15.3 Å². The summed E-state index contributed by atoms with van der Waals surface area (Å²) in [5, 5.41) is 14.0. The van der Waals surface area contributed by atoms with Gasteiger partial charge in [-0.3, -0.25) is 0 Å². The van der Waals surface area contributed by atoms with Crippen LogP contribution >= 0.6 is 0 Å². The number of alkyl halides is 3. The molecule has 1 aromatic heterocycles. The number of hydrogen-bond donors (Lipinski definition) is 3. The van der Waals surface area contributed by atoms with Gasteiger partial charge in [0.2, 0.25) is 0 Å². The summed E-state index contributed by atoms with van der Waals surface area (Å²) in [5.41, 5.74) is 1.92. The number of aliphatic carboxylic acids is 1. The maximum absolute atomic E-state index is 13.9. The fourth-order valence-electron chi connectivity index (χ4n) is 3.85. The average Bonchev–Trinajstić information content (AvgIpc) is 2.80. The summed E-state index contributed by atoms with van der Waals surface area (Å²) in [5.74, 6) is -2.25. The quantitative estimate of drug-likeness (QED) is 0.503. The number of aromatic nitrogens is 2. The SMILES string of the molecule is CC(C)(C)Nc1nc2c(nc1N1CCC(Oc3ccc(F)cc3F)CC1)CNCC2.O=C(O)C(F)(F)F. The molecule has 4 rings (SSSR count). The van der Waals surface area contributed by atoms with Crippen LogP contribution in [0.4, 0.5) is 33.6 Å². The molecule has 0 bridgehead atoms. The van der Waals surface area contributed by atoms with Crippen LogP contribution in [0.25, 0.3) is 0 Å². The van der Waals surface area contributed by atoms with Crippen molar-refractivity contribution in [1.29, 1.82) is 0 Å². The van der Waals surface area contributed by atoms with Gasteiger partial charge in [-0.05, 0) is 32.9 Å². The van der Waals surface area contributed by atoms with E-state index < -0.39 is 23.8 Å². The number of benzene rings is 1. The topological polar surface area (TPSA) is 99.6 Å². The Hall–Kier alpha value is -3.22. The summed E-state index contributed by atoms with van der Waals surface area (Å²) in [7, 11) is 0. The van der Waals surface area contributed by atoms with Crippen LogP contribution in [0.1, 0.15) is 45.0 Å². The molecule has 0 unspecified atom stereocenters. The standard InChI is InChI=1S/C22H29F2N5O.C2HF3O2/c1-22(2,3)28-20-21(27-18-13-25-9-6-17(18)26-20)29-10-7-15(8-11-29)30-19-5-4-14(23)12-16(19)24;3-2(4,5)1(6)7/h4-5,12,15,25H,6-11,13H2,1-3H3,(H,26,28);(H,6,7). The van der Waals surface area contributed by atoms with Crippen LogP contribution in [-0.4, -0.2) is 58.5 Å². The fraction of sp³-hybridized carbons (Fsp3) is 0.542. The van der Waals surface area contributed by atoms with Gasteiger partial charge in [0.25, 0.3) is 0 Å². The molecular formula is C24H30F5N5O3. The van der Waals surface area contributed by atoms with Gasteiger partial charge in [-0.15, -0.1) is 0 Å². The van der Waals surface area contributed by atoms with Gasteiger partial charge in [0, 0.05) is 57.0 Å². The molecule has 0 spiro atoms. The van der Waals surface area contributed by atoms with Crippen LogP contribution in [0.2, 0.25) is 0 Å². The molecule has 1 aromatic carbocycles. The largest absolute Gasteiger partial charge is 0.490 e. The van der Waals surface area contributed by atoms with E-state index in [-0.39, 0.29) is 17.4 Å². The molecule has 8 nitrogen and oxygen atoms in total. The Kier molecular flexibility index (Phi) is 8.77. The molecule has 0 atom stereocenters. The van der Waals surface area contributed by atoms with Crippen LogP contribution in [-0.2, 0) is 17.8 Å². The normalized spacial score (nSPS) is 16.4. The van der Waals surface area contributed by atoms with E-state index in [0.717, 1.165) is 74.5 Å². The first-order chi connectivity index (χ1) is 17.2. The van der Waals surface area contributed by atoms with Gasteiger partial charge in [0.1, 0.15) is 11.9 Å². The molecule has 37 heavy (non-hydrogen) atoms. The second-order valence-electron chi connectivity index (χ2n) is 9.77. The summed E-state index contributed by atoms with van der Waals surface area (Å²) in [6.07, 6.45) is -2.88. The molecule has 0 aliphatic carbocycles. The van der Waals surface area contributed by atoms with Crippen molar-refractivity contribution in [3.8, 4) is 5.75 Å². The number of hydrogen-bond acceptors (Lipinski definition) is 7. The molecule has 1 saturated heterocycles. The maximum atomic E-state index is 13.9. The van der Waals surface area contributed by atoms with E-state index in [2.05, 4.69) is 36.3 Å². The van der Waals surface area contributed by atoms with E-state index >= 15 is 0 Å². The predicted molar refractivity (Wildman–Crippen MR) is 127 cm³/mol. The summed E-state index contributed by atoms with van der Waals surface area (Å²) in [6, 6.07) is 3.42. The molecule has 0 saturated carbocycles. The molecule has 2 aliphatic heterocycles. The van der Waals surface area contributed by atoms with Crippen molar-refractivity contribution in [3.05, 3.63) is 41.2 Å². The van der Waals surface area contributed by atoms with Crippen LogP contribution in [0.5, 0.6) is 5.75 Å². The Bertz CT molecular complexity index is 1100. The number of halogens is 5. The number of carbonyl (C=O) groups is 1. The zero-order valence-corrected chi connectivity index (χ0v) is 20.8. The lowest BCUT2D eigenvalue weighted by molar-refractivity contribution is -0.192. The molecule has 1 fully saturated rings. The van der Waals surface area contributed by atoms with Crippen molar-refractivity contribution in [2.75, 3.05) is 29.9 Å². The third kappa shape index (κ3) is 8.14. The smallest absolute Gasteiger partial charge is 0.487 e. The van der Waals surface area contributed by atoms with Crippen LogP contribution < -0.4 is 20.3 Å². The molecule has 13 heteroatoms. The van der Waals surface area contributed by atoms with Gasteiger partial charge in [0.05, 0.1) is 11.4 Å². The lowest BCUT2D eigenvalue weighted by atomic mass is 10.1. The van der Waals surface area contributed by atoms with Crippen molar-refractivity contribution >= 4 is 17.6 Å². The molecule has 204 valence electrons. The van der Waals surface area contributed by atoms with Crippen LogP contribution in [0.15, 0.2) is 18.2 Å². The van der Waals surface area contributed by atoms with E-state index in [1.807, 2.05) is 0 Å². The highest BCUT2D eigenvalue weighted by atomic mass is 19.4. The number of nitrogens with zero attached hydrogens (tertiary/aromatic N) is 3. The lowest BCUT2D eigenvalue weighted by Gasteiger charge is -2.35.